The maximum Gasteiger partial charge on any atom is 0.161 e. The fraction of sp³-hybridized carbons (Fsp3) is 0.333. The summed E-state index contributed by atoms with van der Waals surface area (Å²) in [5, 5.41) is 0.666. The first-order chi connectivity index (χ1) is 9.10. The number of halogens is 1. The molecular formula is C15H18ClN3. The van der Waals surface area contributed by atoms with E-state index in [-0.39, 0.29) is 6.04 Å². The van der Waals surface area contributed by atoms with E-state index < -0.39 is 0 Å². The van der Waals surface area contributed by atoms with Crippen LogP contribution in [0, 0.1) is 6.92 Å². The van der Waals surface area contributed by atoms with Crippen molar-refractivity contribution in [3.05, 3.63) is 46.7 Å². The molecule has 0 aliphatic heterocycles. The van der Waals surface area contributed by atoms with Crippen LogP contribution in [0.2, 0.25) is 5.02 Å². The Hall–Kier alpha value is -1.45. The Morgan fingerprint density at radius 1 is 1.26 bits per heavy atom. The Balaban J connectivity index is 2.39. The third-order valence-corrected chi connectivity index (χ3v) is 3.35. The van der Waals surface area contributed by atoms with Gasteiger partial charge in [0.15, 0.2) is 5.82 Å². The van der Waals surface area contributed by atoms with E-state index in [1.165, 1.54) is 0 Å². The molecular weight excluding hydrogens is 258 g/mol. The molecule has 0 fully saturated rings. The summed E-state index contributed by atoms with van der Waals surface area (Å²) in [7, 11) is 0. The van der Waals surface area contributed by atoms with Crippen molar-refractivity contribution in [3.8, 4) is 11.4 Å². The van der Waals surface area contributed by atoms with Crippen molar-refractivity contribution < 1.29 is 0 Å². The maximum atomic E-state index is 6.19. The van der Waals surface area contributed by atoms with Crippen LogP contribution in [0.5, 0.6) is 0 Å². The van der Waals surface area contributed by atoms with Gasteiger partial charge in [-0.3, -0.25) is 0 Å². The van der Waals surface area contributed by atoms with Crippen molar-refractivity contribution >= 4 is 11.6 Å². The molecule has 0 aliphatic carbocycles. The van der Waals surface area contributed by atoms with Crippen molar-refractivity contribution in [2.24, 2.45) is 5.73 Å². The normalized spacial score (nSPS) is 12.4. The van der Waals surface area contributed by atoms with Gasteiger partial charge in [-0.25, -0.2) is 9.97 Å². The Kier molecular flexibility index (Phi) is 4.51. The second-order valence-electron chi connectivity index (χ2n) is 4.68. The molecule has 1 unspecified atom stereocenters. The molecule has 0 amide bonds. The van der Waals surface area contributed by atoms with Crippen LogP contribution in [-0.2, 0) is 6.42 Å². The predicted octanol–water partition coefficient (Wildman–Crippen LogP) is 3.39. The van der Waals surface area contributed by atoms with Gasteiger partial charge < -0.3 is 5.73 Å². The summed E-state index contributed by atoms with van der Waals surface area (Å²) >= 11 is 6.19. The van der Waals surface area contributed by atoms with Crippen LogP contribution in [0.15, 0.2) is 30.3 Å². The lowest BCUT2D eigenvalue weighted by Crippen LogP contribution is -2.22. The van der Waals surface area contributed by atoms with E-state index in [1.807, 2.05) is 37.3 Å². The van der Waals surface area contributed by atoms with Crippen LogP contribution >= 0.6 is 11.6 Å². The third-order valence-electron chi connectivity index (χ3n) is 3.02. The number of hydrogen-bond acceptors (Lipinski definition) is 3. The van der Waals surface area contributed by atoms with Crippen LogP contribution in [0.25, 0.3) is 11.4 Å². The predicted molar refractivity (Wildman–Crippen MR) is 79.2 cm³/mol. The van der Waals surface area contributed by atoms with E-state index >= 15 is 0 Å². The largest absolute Gasteiger partial charge is 0.327 e. The minimum absolute atomic E-state index is 0.133. The van der Waals surface area contributed by atoms with Gasteiger partial charge in [0.2, 0.25) is 0 Å². The first-order valence-electron chi connectivity index (χ1n) is 6.45. The van der Waals surface area contributed by atoms with E-state index in [2.05, 4.69) is 16.9 Å². The molecule has 0 spiro atoms. The first kappa shape index (κ1) is 14.0. The average molecular weight is 276 g/mol. The van der Waals surface area contributed by atoms with Gasteiger partial charge in [0.25, 0.3) is 0 Å². The summed E-state index contributed by atoms with van der Waals surface area (Å²) in [6.07, 6.45) is 1.70. The van der Waals surface area contributed by atoms with Gasteiger partial charge in [-0.1, -0.05) is 30.7 Å². The average Bonchev–Trinajstić information content (AvgIpc) is 2.38. The van der Waals surface area contributed by atoms with Gasteiger partial charge in [-0.2, -0.15) is 0 Å². The van der Waals surface area contributed by atoms with Crippen LogP contribution in [-0.4, -0.2) is 16.0 Å². The molecule has 0 bridgehead atoms. The lowest BCUT2D eigenvalue weighted by atomic mass is 10.1. The van der Waals surface area contributed by atoms with E-state index in [4.69, 9.17) is 17.3 Å². The highest BCUT2D eigenvalue weighted by Gasteiger charge is 2.10. The minimum atomic E-state index is 0.133. The smallest absolute Gasteiger partial charge is 0.161 e. The van der Waals surface area contributed by atoms with Crippen LogP contribution in [0.4, 0.5) is 0 Å². The molecule has 19 heavy (non-hydrogen) atoms. The van der Waals surface area contributed by atoms with Crippen LogP contribution in [0.1, 0.15) is 24.7 Å². The van der Waals surface area contributed by atoms with Gasteiger partial charge in [-0.15, -0.1) is 0 Å². The molecule has 0 saturated heterocycles. The molecule has 100 valence electrons. The van der Waals surface area contributed by atoms with Gasteiger partial charge in [-0.05, 0) is 31.5 Å². The molecule has 3 nitrogen and oxygen atoms in total. The summed E-state index contributed by atoms with van der Waals surface area (Å²) < 4.78 is 0. The molecule has 1 aromatic carbocycles. The lowest BCUT2D eigenvalue weighted by molar-refractivity contribution is 0.635. The highest BCUT2D eigenvalue weighted by Crippen LogP contribution is 2.25. The Morgan fingerprint density at radius 2 is 2.00 bits per heavy atom. The molecule has 1 atom stereocenters. The van der Waals surface area contributed by atoms with Crippen molar-refractivity contribution in [2.75, 3.05) is 0 Å². The zero-order chi connectivity index (χ0) is 13.8. The van der Waals surface area contributed by atoms with E-state index in [0.29, 0.717) is 10.8 Å². The molecule has 2 N–H and O–H groups in total. The van der Waals surface area contributed by atoms with Gasteiger partial charge in [0.1, 0.15) is 0 Å². The second-order valence-corrected chi connectivity index (χ2v) is 5.08. The molecule has 2 aromatic rings. The molecule has 0 aliphatic rings. The standard InChI is InChI=1S/C15H18ClN3/c1-3-11(17)9-12-8-10(2)18-15(19-12)13-6-4-5-7-14(13)16/h4-8,11H,3,9,17H2,1-2H3. The molecule has 0 saturated carbocycles. The number of aromatic nitrogens is 2. The molecule has 1 heterocycles. The third kappa shape index (κ3) is 3.52. The van der Waals surface area contributed by atoms with Gasteiger partial charge in [0, 0.05) is 29.4 Å². The summed E-state index contributed by atoms with van der Waals surface area (Å²) in [6, 6.07) is 9.73. The van der Waals surface area contributed by atoms with Crippen LogP contribution < -0.4 is 5.73 Å². The summed E-state index contributed by atoms with van der Waals surface area (Å²) in [4.78, 5) is 9.04. The van der Waals surface area contributed by atoms with E-state index in [0.717, 1.165) is 29.8 Å². The van der Waals surface area contributed by atoms with E-state index in [9.17, 15) is 0 Å². The Labute approximate surface area is 118 Å². The van der Waals surface area contributed by atoms with Crippen molar-refractivity contribution in [3.63, 3.8) is 0 Å². The van der Waals surface area contributed by atoms with Gasteiger partial charge >= 0.3 is 0 Å². The van der Waals surface area contributed by atoms with Crippen molar-refractivity contribution in [1.82, 2.24) is 9.97 Å². The Bertz CT molecular complexity index is 569. The van der Waals surface area contributed by atoms with Crippen molar-refractivity contribution in [2.45, 2.75) is 32.7 Å². The summed E-state index contributed by atoms with van der Waals surface area (Å²) in [5.41, 5.74) is 8.75. The number of rotatable bonds is 4. The minimum Gasteiger partial charge on any atom is -0.327 e. The fourth-order valence-electron chi connectivity index (χ4n) is 1.91. The number of benzene rings is 1. The van der Waals surface area contributed by atoms with Crippen LogP contribution in [0.3, 0.4) is 0 Å². The zero-order valence-corrected chi connectivity index (χ0v) is 12.0. The lowest BCUT2D eigenvalue weighted by Gasteiger charge is -2.10. The summed E-state index contributed by atoms with van der Waals surface area (Å²) in [5.74, 6) is 0.670. The van der Waals surface area contributed by atoms with Crippen molar-refractivity contribution in [1.29, 1.82) is 0 Å². The SMILES string of the molecule is CCC(N)Cc1cc(C)nc(-c2ccccc2Cl)n1. The second kappa shape index (κ2) is 6.13. The zero-order valence-electron chi connectivity index (χ0n) is 11.2. The molecule has 4 heteroatoms. The molecule has 0 radical (unpaired) electrons. The first-order valence-corrected chi connectivity index (χ1v) is 6.83. The number of nitrogens with zero attached hydrogens (tertiary/aromatic N) is 2. The number of nitrogens with two attached hydrogens (primary N) is 1. The molecule has 1 aromatic heterocycles. The fourth-order valence-corrected chi connectivity index (χ4v) is 2.13. The Morgan fingerprint density at radius 3 is 2.68 bits per heavy atom. The van der Waals surface area contributed by atoms with Gasteiger partial charge in [0.05, 0.1) is 5.02 Å². The number of hydrogen-bond donors (Lipinski definition) is 1. The quantitative estimate of drug-likeness (QED) is 0.931. The monoisotopic (exact) mass is 275 g/mol. The highest BCUT2D eigenvalue weighted by molar-refractivity contribution is 6.33. The maximum absolute atomic E-state index is 6.19. The summed E-state index contributed by atoms with van der Waals surface area (Å²) in [6.45, 7) is 4.04. The van der Waals surface area contributed by atoms with E-state index in [1.54, 1.807) is 0 Å². The molecule has 2 rings (SSSR count). The highest BCUT2D eigenvalue weighted by atomic mass is 35.5. The topological polar surface area (TPSA) is 51.8 Å². The number of aryl methyl sites for hydroxylation is 1.